The van der Waals surface area contributed by atoms with Gasteiger partial charge in [0.15, 0.2) is 0 Å². The van der Waals surface area contributed by atoms with E-state index in [0.29, 0.717) is 11.4 Å². The first-order valence-corrected chi connectivity index (χ1v) is 6.28. The second-order valence-corrected chi connectivity index (χ2v) is 4.52. The van der Waals surface area contributed by atoms with Crippen molar-refractivity contribution in [1.29, 1.82) is 0 Å². The van der Waals surface area contributed by atoms with Crippen LogP contribution in [0.3, 0.4) is 0 Å². The summed E-state index contributed by atoms with van der Waals surface area (Å²) in [6, 6.07) is 9.08. The summed E-state index contributed by atoms with van der Waals surface area (Å²) < 4.78 is 13.7. The number of anilines is 2. The molecule has 0 spiro atoms. The van der Waals surface area contributed by atoms with Crippen molar-refractivity contribution in [2.24, 2.45) is 0 Å². The number of halogens is 2. The van der Waals surface area contributed by atoms with Crippen molar-refractivity contribution in [3.63, 3.8) is 0 Å². The molecule has 0 aliphatic carbocycles. The molecule has 0 bridgehead atoms. The molecule has 0 radical (unpaired) electrons. The third-order valence-corrected chi connectivity index (χ3v) is 3.01. The summed E-state index contributed by atoms with van der Waals surface area (Å²) >= 11 is 5.86. The molecule has 6 heteroatoms. The van der Waals surface area contributed by atoms with Crippen molar-refractivity contribution in [3.8, 4) is 0 Å². The number of carbonyl (C=O) groups is 1. The summed E-state index contributed by atoms with van der Waals surface area (Å²) in [6.45, 7) is 0. The Bertz CT molecular complexity index is 648. The van der Waals surface area contributed by atoms with Crippen molar-refractivity contribution >= 4 is 29.0 Å². The van der Waals surface area contributed by atoms with E-state index in [1.54, 1.807) is 25.2 Å². The molecule has 0 unspecified atom stereocenters. The van der Waals surface area contributed by atoms with Crippen LogP contribution in [0, 0.1) is 5.82 Å². The van der Waals surface area contributed by atoms with Gasteiger partial charge in [-0.25, -0.2) is 9.37 Å². The molecular weight excluding hydrogens is 281 g/mol. The maximum atomic E-state index is 13.7. The van der Waals surface area contributed by atoms with Gasteiger partial charge < -0.3 is 10.2 Å². The Morgan fingerprint density at radius 2 is 2.05 bits per heavy atom. The summed E-state index contributed by atoms with van der Waals surface area (Å²) in [6.07, 6.45) is 0. The molecule has 0 saturated carbocycles. The zero-order valence-electron chi connectivity index (χ0n) is 11.0. The molecule has 0 saturated heterocycles. The lowest BCUT2D eigenvalue weighted by atomic mass is 10.2. The maximum Gasteiger partial charge on any atom is 0.258 e. The Morgan fingerprint density at radius 3 is 2.70 bits per heavy atom. The van der Waals surface area contributed by atoms with Crippen LogP contribution in [-0.2, 0) is 0 Å². The summed E-state index contributed by atoms with van der Waals surface area (Å²) in [7, 11) is 3.18. The van der Waals surface area contributed by atoms with E-state index in [-0.39, 0.29) is 16.7 Å². The number of amides is 1. The van der Waals surface area contributed by atoms with E-state index < -0.39 is 5.82 Å². The normalized spacial score (nSPS) is 10.2. The van der Waals surface area contributed by atoms with Crippen molar-refractivity contribution < 1.29 is 9.18 Å². The first kappa shape index (κ1) is 14.3. The number of nitrogens with zero attached hydrogens (tertiary/aromatic N) is 2. The first-order chi connectivity index (χ1) is 9.52. The number of benzene rings is 1. The van der Waals surface area contributed by atoms with Gasteiger partial charge in [0.25, 0.3) is 5.91 Å². The van der Waals surface area contributed by atoms with Crippen LogP contribution in [0.4, 0.5) is 15.9 Å². The second kappa shape index (κ2) is 5.88. The first-order valence-electron chi connectivity index (χ1n) is 5.91. The van der Waals surface area contributed by atoms with Gasteiger partial charge in [0.1, 0.15) is 16.8 Å². The Labute approximate surface area is 121 Å². The highest BCUT2D eigenvalue weighted by molar-refractivity contribution is 6.30. The maximum absolute atomic E-state index is 13.7. The highest BCUT2D eigenvalue weighted by Gasteiger charge is 2.17. The Morgan fingerprint density at radius 1 is 1.35 bits per heavy atom. The molecule has 1 amide bonds. The van der Waals surface area contributed by atoms with Gasteiger partial charge in [0.05, 0.1) is 5.69 Å². The van der Waals surface area contributed by atoms with Gasteiger partial charge >= 0.3 is 0 Å². The highest BCUT2D eigenvalue weighted by atomic mass is 35.5. The minimum atomic E-state index is -0.461. The standard InChI is InChI=1S/C14H13ClFN3O/c1-17-13-8-9(7-12(15)18-13)14(20)19(2)11-6-4-3-5-10(11)16/h3-8H,1-2H3,(H,17,18). The fourth-order valence-electron chi connectivity index (χ4n) is 1.78. The molecule has 0 aliphatic heterocycles. The van der Waals surface area contributed by atoms with E-state index in [9.17, 15) is 9.18 Å². The van der Waals surface area contributed by atoms with E-state index in [1.807, 2.05) is 0 Å². The van der Waals surface area contributed by atoms with Gasteiger partial charge in [-0.05, 0) is 24.3 Å². The second-order valence-electron chi connectivity index (χ2n) is 4.13. The molecule has 1 heterocycles. The van der Waals surface area contributed by atoms with Crippen molar-refractivity contribution in [3.05, 3.63) is 52.9 Å². The minimum Gasteiger partial charge on any atom is -0.373 e. The molecule has 20 heavy (non-hydrogen) atoms. The molecule has 1 aromatic carbocycles. The Kier molecular flexibility index (Phi) is 4.20. The average Bonchev–Trinajstić information content (AvgIpc) is 2.45. The summed E-state index contributed by atoms with van der Waals surface area (Å²) in [5, 5.41) is 3.01. The van der Waals surface area contributed by atoms with Crippen LogP contribution in [0.1, 0.15) is 10.4 Å². The van der Waals surface area contributed by atoms with Crippen LogP contribution in [0.2, 0.25) is 5.15 Å². The van der Waals surface area contributed by atoms with Gasteiger partial charge in [-0.1, -0.05) is 23.7 Å². The predicted molar refractivity (Wildman–Crippen MR) is 77.9 cm³/mol. The summed E-state index contributed by atoms with van der Waals surface area (Å²) in [4.78, 5) is 17.6. The molecular formula is C14H13ClFN3O. The largest absolute Gasteiger partial charge is 0.373 e. The van der Waals surface area contributed by atoms with Crippen LogP contribution in [0.15, 0.2) is 36.4 Å². The van der Waals surface area contributed by atoms with E-state index in [4.69, 9.17) is 11.6 Å². The van der Waals surface area contributed by atoms with Crippen LogP contribution >= 0.6 is 11.6 Å². The lowest BCUT2D eigenvalue weighted by molar-refractivity contribution is 0.0992. The SMILES string of the molecule is CNc1cc(C(=O)N(C)c2ccccc2F)cc(Cl)n1. The molecule has 104 valence electrons. The van der Waals surface area contributed by atoms with Gasteiger partial charge in [0.2, 0.25) is 0 Å². The third kappa shape index (κ3) is 2.88. The molecule has 4 nitrogen and oxygen atoms in total. The molecule has 0 atom stereocenters. The highest BCUT2D eigenvalue weighted by Crippen LogP contribution is 2.21. The lowest BCUT2D eigenvalue weighted by Gasteiger charge is -2.18. The number of hydrogen-bond acceptors (Lipinski definition) is 3. The van der Waals surface area contributed by atoms with E-state index in [2.05, 4.69) is 10.3 Å². The van der Waals surface area contributed by atoms with Crippen LogP contribution < -0.4 is 10.2 Å². The quantitative estimate of drug-likeness (QED) is 0.884. The zero-order valence-corrected chi connectivity index (χ0v) is 11.8. The van der Waals surface area contributed by atoms with Crippen molar-refractivity contribution in [1.82, 2.24) is 4.98 Å². The van der Waals surface area contributed by atoms with Gasteiger partial charge in [-0.15, -0.1) is 0 Å². The molecule has 2 rings (SSSR count). The smallest absolute Gasteiger partial charge is 0.258 e. The number of hydrogen-bond donors (Lipinski definition) is 1. The fourth-order valence-corrected chi connectivity index (χ4v) is 1.98. The number of rotatable bonds is 3. The number of carbonyl (C=O) groups excluding carboxylic acids is 1. The predicted octanol–water partition coefficient (Wildman–Crippen LogP) is 3.19. The summed E-state index contributed by atoms with van der Waals surface area (Å²) in [5.41, 5.74) is 0.538. The molecule has 1 N–H and O–H groups in total. The lowest BCUT2D eigenvalue weighted by Crippen LogP contribution is -2.27. The Balaban J connectivity index is 2.36. The monoisotopic (exact) mass is 293 g/mol. The van der Waals surface area contributed by atoms with Crippen molar-refractivity contribution in [2.75, 3.05) is 24.3 Å². The number of para-hydroxylation sites is 1. The number of aromatic nitrogens is 1. The van der Waals surface area contributed by atoms with Crippen molar-refractivity contribution in [2.45, 2.75) is 0 Å². The van der Waals surface area contributed by atoms with Gasteiger partial charge in [0, 0.05) is 19.7 Å². The topological polar surface area (TPSA) is 45.2 Å². The van der Waals surface area contributed by atoms with E-state index >= 15 is 0 Å². The number of nitrogens with one attached hydrogen (secondary N) is 1. The van der Waals surface area contributed by atoms with Crippen LogP contribution in [0.5, 0.6) is 0 Å². The number of pyridine rings is 1. The zero-order chi connectivity index (χ0) is 14.7. The fraction of sp³-hybridized carbons (Fsp3) is 0.143. The van der Waals surface area contributed by atoms with Gasteiger partial charge in [-0.3, -0.25) is 4.79 Å². The minimum absolute atomic E-state index is 0.196. The van der Waals surface area contributed by atoms with Crippen LogP contribution in [0.25, 0.3) is 0 Å². The van der Waals surface area contributed by atoms with Gasteiger partial charge in [-0.2, -0.15) is 0 Å². The van der Waals surface area contributed by atoms with E-state index in [0.717, 1.165) is 0 Å². The summed E-state index contributed by atoms with van der Waals surface area (Å²) in [5.74, 6) is -0.351. The average molecular weight is 294 g/mol. The third-order valence-electron chi connectivity index (χ3n) is 2.82. The van der Waals surface area contributed by atoms with E-state index in [1.165, 1.54) is 30.1 Å². The van der Waals surface area contributed by atoms with Crippen LogP contribution in [-0.4, -0.2) is 25.0 Å². The molecule has 1 aromatic heterocycles. The molecule has 0 aliphatic rings. The Hall–Kier alpha value is -2.14. The molecule has 0 fully saturated rings. The molecule has 2 aromatic rings.